The SMILES string of the molecule is CCCn1cccc1CNC(C)c1ccc(Cl)s1. The largest absolute Gasteiger partial charge is 0.350 e. The normalized spacial score (nSPS) is 12.8. The van der Waals surface area contributed by atoms with Gasteiger partial charge < -0.3 is 9.88 Å². The van der Waals surface area contributed by atoms with E-state index in [0.29, 0.717) is 6.04 Å². The Bertz CT molecular complexity index is 489. The second-order valence-electron chi connectivity index (χ2n) is 4.44. The monoisotopic (exact) mass is 282 g/mol. The van der Waals surface area contributed by atoms with Gasteiger partial charge in [-0.1, -0.05) is 18.5 Å². The third kappa shape index (κ3) is 3.37. The van der Waals surface area contributed by atoms with E-state index in [1.165, 1.54) is 10.6 Å². The molecule has 0 bridgehead atoms. The third-order valence-electron chi connectivity index (χ3n) is 3.00. The molecule has 2 rings (SSSR count). The Kier molecular flexibility index (Phi) is 4.87. The molecule has 0 aromatic carbocycles. The van der Waals surface area contributed by atoms with Crippen molar-refractivity contribution in [3.8, 4) is 0 Å². The van der Waals surface area contributed by atoms with Crippen LogP contribution in [0.1, 0.15) is 36.9 Å². The van der Waals surface area contributed by atoms with Gasteiger partial charge >= 0.3 is 0 Å². The molecule has 0 amide bonds. The molecule has 1 N–H and O–H groups in total. The molecule has 1 atom stereocenters. The summed E-state index contributed by atoms with van der Waals surface area (Å²) >= 11 is 7.60. The van der Waals surface area contributed by atoms with Gasteiger partial charge in [0, 0.05) is 35.9 Å². The van der Waals surface area contributed by atoms with Crippen molar-refractivity contribution in [2.75, 3.05) is 0 Å². The van der Waals surface area contributed by atoms with Crippen LogP contribution in [0.3, 0.4) is 0 Å². The molecule has 0 aliphatic heterocycles. The van der Waals surface area contributed by atoms with E-state index >= 15 is 0 Å². The first-order valence-corrected chi connectivity index (χ1v) is 7.52. The Morgan fingerprint density at radius 2 is 2.22 bits per heavy atom. The van der Waals surface area contributed by atoms with Crippen LogP contribution in [0.25, 0.3) is 0 Å². The highest BCUT2D eigenvalue weighted by Crippen LogP contribution is 2.26. The molecule has 2 nitrogen and oxygen atoms in total. The Morgan fingerprint density at radius 3 is 2.89 bits per heavy atom. The predicted octanol–water partition coefficient (Wildman–Crippen LogP) is 4.46. The van der Waals surface area contributed by atoms with Gasteiger partial charge in [-0.15, -0.1) is 11.3 Å². The lowest BCUT2D eigenvalue weighted by molar-refractivity contribution is 0.547. The van der Waals surface area contributed by atoms with E-state index in [4.69, 9.17) is 11.6 Å². The molecule has 0 aliphatic rings. The number of nitrogens with one attached hydrogen (secondary N) is 1. The van der Waals surface area contributed by atoms with Crippen LogP contribution >= 0.6 is 22.9 Å². The summed E-state index contributed by atoms with van der Waals surface area (Å²) in [5.41, 5.74) is 1.34. The molecule has 1 unspecified atom stereocenters. The van der Waals surface area contributed by atoms with Gasteiger partial charge in [-0.2, -0.15) is 0 Å². The summed E-state index contributed by atoms with van der Waals surface area (Å²) in [7, 11) is 0. The van der Waals surface area contributed by atoms with Gasteiger partial charge in [0.25, 0.3) is 0 Å². The van der Waals surface area contributed by atoms with Crippen LogP contribution in [0.4, 0.5) is 0 Å². The third-order valence-corrected chi connectivity index (χ3v) is 4.41. The van der Waals surface area contributed by atoms with Crippen molar-refractivity contribution in [1.82, 2.24) is 9.88 Å². The minimum absolute atomic E-state index is 0.340. The first-order chi connectivity index (χ1) is 8.70. The summed E-state index contributed by atoms with van der Waals surface area (Å²) in [4.78, 5) is 1.29. The number of hydrogen-bond acceptors (Lipinski definition) is 2. The highest BCUT2D eigenvalue weighted by atomic mass is 35.5. The fourth-order valence-electron chi connectivity index (χ4n) is 1.99. The van der Waals surface area contributed by atoms with Gasteiger partial charge in [0.2, 0.25) is 0 Å². The van der Waals surface area contributed by atoms with Crippen molar-refractivity contribution >= 4 is 22.9 Å². The maximum absolute atomic E-state index is 5.96. The fraction of sp³-hybridized carbons (Fsp3) is 0.429. The lowest BCUT2D eigenvalue weighted by atomic mass is 10.2. The lowest BCUT2D eigenvalue weighted by Gasteiger charge is -2.14. The Balaban J connectivity index is 1.92. The molecule has 4 heteroatoms. The topological polar surface area (TPSA) is 17.0 Å². The van der Waals surface area contributed by atoms with Crippen molar-refractivity contribution < 1.29 is 0 Å². The summed E-state index contributed by atoms with van der Waals surface area (Å²) in [5.74, 6) is 0. The standard InChI is InChI=1S/C14H19ClN2S/c1-3-8-17-9-4-5-12(17)10-16-11(2)13-6-7-14(15)18-13/h4-7,9,11,16H,3,8,10H2,1-2H3. The number of aromatic nitrogens is 1. The maximum atomic E-state index is 5.96. The molecule has 0 saturated carbocycles. The van der Waals surface area contributed by atoms with E-state index in [2.05, 4.69) is 48.1 Å². The van der Waals surface area contributed by atoms with Gasteiger partial charge in [0.1, 0.15) is 0 Å². The molecule has 2 heterocycles. The van der Waals surface area contributed by atoms with Gasteiger partial charge in [-0.05, 0) is 37.6 Å². The number of nitrogens with zero attached hydrogens (tertiary/aromatic N) is 1. The van der Waals surface area contributed by atoms with E-state index in [0.717, 1.165) is 23.8 Å². The van der Waals surface area contributed by atoms with E-state index in [1.807, 2.05) is 6.07 Å². The first-order valence-electron chi connectivity index (χ1n) is 6.33. The summed E-state index contributed by atoms with van der Waals surface area (Å²) in [6.45, 7) is 6.36. The number of halogens is 1. The zero-order valence-electron chi connectivity index (χ0n) is 10.8. The van der Waals surface area contributed by atoms with Crippen LogP contribution in [-0.2, 0) is 13.1 Å². The van der Waals surface area contributed by atoms with Crippen LogP contribution in [0.2, 0.25) is 4.34 Å². The smallest absolute Gasteiger partial charge is 0.0931 e. The first kappa shape index (κ1) is 13.7. The zero-order chi connectivity index (χ0) is 13.0. The van der Waals surface area contributed by atoms with Gasteiger partial charge in [0.15, 0.2) is 0 Å². The quantitative estimate of drug-likeness (QED) is 0.827. The Labute approximate surface area is 118 Å². The number of rotatable bonds is 6. The summed E-state index contributed by atoms with van der Waals surface area (Å²) in [5, 5.41) is 3.54. The highest BCUT2D eigenvalue weighted by molar-refractivity contribution is 7.16. The molecule has 0 aliphatic carbocycles. The van der Waals surface area contributed by atoms with E-state index in [9.17, 15) is 0 Å². The maximum Gasteiger partial charge on any atom is 0.0931 e. The molecule has 0 fully saturated rings. The van der Waals surface area contributed by atoms with E-state index in [1.54, 1.807) is 11.3 Å². The number of aryl methyl sites for hydroxylation is 1. The molecule has 0 spiro atoms. The molecular weight excluding hydrogens is 264 g/mol. The van der Waals surface area contributed by atoms with Crippen molar-refractivity contribution in [2.45, 2.75) is 39.4 Å². The molecule has 0 radical (unpaired) electrons. The predicted molar refractivity (Wildman–Crippen MR) is 79.3 cm³/mol. The van der Waals surface area contributed by atoms with Crippen LogP contribution in [0.15, 0.2) is 30.5 Å². The lowest BCUT2D eigenvalue weighted by Crippen LogP contribution is -2.19. The van der Waals surface area contributed by atoms with Crippen molar-refractivity contribution in [3.05, 3.63) is 45.4 Å². The minimum atomic E-state index is 0.340. The van der Waals surface area contributed by atoms with Crippen LogP contribution in [0, 0.1) is 0 Å². The van der Waals surface area contributed by atoms with Gasteiger partial charge in [-0.3, -0.25) is 0 Å². The molecule has 98 valence electrons. The second kappa shape index (κ2) is 6.41. The van der Waals surface area contributed by atoms with Crippen molar-refractivity contribution in [2.24, 2.45) is 0 Å². The van der Waals surface area contributed by atoms with Gasteiger partial charge in [-0.25, -0.2) is 0 Å². The minimum Gasteiger partial charge on any atom is -0.350 e. The number of thiophene rings is 1. The average Bonchev–Trinajstić information content (AvgIpc) is 2.96. The summed E-state index contributed by atoms with van der Waals surface area (Å²) in [6, 6.07) is 8.68. The molecule has 0 saturated heterocycles. The Morgan fingerprint density at radius 1 is 1.39 bits per heavy atom. The molecular formula is C14H19ClN2S. The summed E-state index contributed by atoms with van der Waals surface area (Å²) in [6.07, 6.45) is 3.31. The van der Waals surface area contributed by atoms with Gasteiger partial charge in [0.05, 0.1) is 4.34 Å². The van der Waals surface area contributed by atoms with E-state index in [-0.39, 0.29) is 0 Å². The molecule has 2 aromatic heterocycles. The zero-order valence-corrected chi connectivity index (χ0v) is 12.4. The van der Waals surface area contributed by atoms with Crippen LogP contribution in [0.5, 0.6) is 0 Å². The number of hydrogen-bond donors (Lipinski definition) is 1. The van der Waals surface area contributed by atoms with Crippen molar-refractivity contribution in [1.29, 1.82) is 0 Å². The Hall–Kier alpha value is -0.770. The molecule has 18 heavy (non-hydrogen) atoms. The summed E-state index contributed by atoms with van der Waals surface area (Å²) < 4.78 is 3.16. The van der Waals surface area contributed by atoms with Crippen LogP contribution < -0.4 is 5.32 Å². The average molecular weight is 283 g/mol. The molecule has 2 aromatic rings. The fourth-order valence-corrected chi connectivity index (χ4v) is 3.08. The second-order valence-corrected chi connectivity index (χ2v) is 6.18. The van der Waals surface area contributed by atoms with Crippen molar-refractivity contribution in [3.63, 3.8) is 0 Å². The van der Waals surface area contributed by atoms with E-state index < -0.39 is 0 Å². The highest BCUT2D eigenvalue weighted by Gasteiger charge is 2.08. The van der Waals surface area contributed by atoms with Crippen LogP contribution in [-0.4, -0.2) is 4.57 Å².